The summed E-state index contributed by atoms with van der Waals surface area (Å²) in [5, 5.41) is 12.2. The van der Waals surface area contributed by atoms with Crippen LogP contribution in [0.25, 0.3) is 177 Å². The van der Waals surface area contributed by atoms with E-state index in [0.717, 1.165) is 183 Å². The Kier molecular flexibility index (Phi) is 15.8. The summed E-state index contributed by atoms with van der Waals surface area (Å²) in [5.41, 5.74) is 24.8. The number of hydrogen-bond acceptors (Lipinski definition) is 8. The maximum Gasteiger partial charge on any atom is 0.0928 e. The van der Waals surface area contributed by atoms with Crippen molar-refractivity contribution in [2.45, 2.75) is 107 Å². The van der Waals surface area contributed by atoms with Crippen LogP contribution in [-0.4, -0.2) is 39.9 Å². The van der Waals surface area contributed by atoms with Crippen LogP contribution in [-0.2, 0) is 25.7 Å². The van der Waals surface area contributed by atoms with Gasteiger partial charge in [-0.3, -0.25) is 0 Å². The zero-order chi connectivity index (χ0) is 65.0. The molecule has 13 heteroatoms. The van der Waals surface area contributed by atoms with E-state index in [1.54, 1.807) is 0 Å². The molecule has 471 valence electrons. The average Bonchev–Trinajstić information content (AvgIpc) is 1.59. The molecule has 6 aromatic heterocycles. The third kappa shape index (κ3) is 10.3. The molecule has 14 aromatic rings. The molecule has 0 amide bonds. The van der Waals surface area contributed by atoms with Crippen molar-refractivity contribution in [2.24, 2.45) is 0 Å². The molecule has 18 rings (SSSR count). The molecule has 97 heavy (non-hydrogen) atoms. The zero-order valence-corrected chi connectivity index (χ0v) is 59.4. The number of nitrogens with zero attached hydrogens (tertiary/aromatic N) is 12. The normalized spacial score (nSPS) is 12.7. The number of hydrogen-bond donors (Lipinski definition) is 0. The number of aryl methyl sites for hydroxylation is 4. The maximum atomic E-state index is 5.25. The second-order valence-electron chi connectivity index (χ2n) is 25.2. The second-order valence-corrected chi connectivity index (χ2v) is 25.2. The minimum Gasteiger partial charge on any atom is -0.657 e. The van der Waals surface area contributed by atoms with Gasteiger partial charge in [-0.1, -0.05) is 199 Å². The van der Waals surface area contributed by atoms with Gasteiger partial charge in [0, 0.05) is 80.4 Å². The van der Waals surface area contributed by atoms with Crippen LogP contribution in [0.1, 0.15) is 126 Å². The molecule has 12 nitrogen and oxygen atoms in total. The summed E-state index contributed by atoms with van der Waals surface area (Å²) in [5.74, 6) is 2.14. The standard InChI is InChI=1S/C48H24N8.C36H44N4.La/c1-2-10-26-18-34-33(17-25(26)9-1)41-49-42(34)54-44-37-21-29-13-5-6-14-30(29)22-38(37)46(51-44)56-48-40-24-32-16-8-7-15-31(32)23-39(40)47(52-48)55-45-36-20-28-12-4-3-11-27(28)19-35(36)43(50-45)53-41;1-9-21-22(10-2)30-18-32-25(13-5)26(14-6)34(39-32)20-36-28(16-8)27(15-7)35(40-36)19-33-24(12-4)23(11-3)31(38-33)17-29(21)37-30;/h1-24H;17-20H,9-16H2,1-8H3;/q2*-2;. The van der Waals surface area contributed by atoms with Gasteiger partial charge < -0.3 is 39.9 Å². The Hall–Kier alpha value is -10.0. The molecule has 0 saturated heterocycles. The van der Waals surface area contributed by atoms with Crippen LogP contribution in [0.4, 0.5) is 0 Å². The van der Waals surface area contributed by atoms with Gasteiger partial charge in [-0.05, 0) is 187 Å². The molecule has 0 N–H and O–H groups in total. The molecule has 0 atom stereocenters. The first-order chi connectivity index (χ1) is 47.1. The first-order valence-electron chi connectivity index (χ1n) is 34.1. The first kappa shape index (κ1) is 61.8. The van der Waals surface area contributed by atoms with Gasteiger partial charge >= 0.3 is 0 Å². The fraction of sp³-hybridized carbons (Fsp3) is 0.190. The Balaban J connectivity index is 0.000000160. The third-order valence-corrected chi connectivity index (χ3v) is 20.0. The van der Waals surface area contributed by atoms with E-state index in [2.05, 4.69) is 177 Å². The molecular formula is C84H68LaN12-4. The molecule has 4 aliphatic rings. The van der Waals surface area contributed by atoms with Crippen molar-refractivity contribution >= 4 is 132 Å². The molecule has 0 spiro atoms. The van der Waals surface area contributed by atoms with Crippen molar-refractivity contribution in [2.75, 3.05) is 0 Å². The summed E-state index contributed by atoms with van der Waals surface area (Å²) < 4.78 is 0. The van der Waals surface area contributed by atoms with E-state index in [9.17, 15) is 0 Å². The Morgan fingerprint density at radius 1 is 0.237 bits per heavy atom. The van der Waals surface area contributed by atoms with Crippen LogP contribution >= 0.6 is 0 Å². The van der Waals surface area contributed by atoms with Crippen LogP contribution in [0, 0.1) is 35.6 Å². The Labute approximate surface area is 589 Å². The van der Waals surface area contributed by atoms with E-state index in [-0.39, 0.29) is 35.6 Å². The molecular weight excluding hydrogens is 1320 g/mol. The van der Waals surface area contributed by atoms with Gasteiger partial charge in [0.2, 0.25) is 0 Å². The topological polar surface area (TPSA) is 160 Å². The van der Waals surface area contributed by atoms with E-state index < -0.39 is 0 Å². The summed E-state index contributed by atoms with van der Waals surface area (Å²) in [6, 6.07) is 59.4. The van der Waals surface area contributed by atoms with Crippen molar-refractivity contribution in [3.63, 3.8) is 0 Å². The van der Waals surface area contributed by atoms with Crippen molar-refractivity contribution in [3.8, 4) is 45.6 Å². The summed E-state index contributed by atoms with van der Waals surface area (Å²) in [6.45, 7) is 17.9. The monoisotopic (exact) mass is 1380 g/mol. The predicted molar refractivity (Wildman–Crippen MR) is 395 cm³/mol. The average molecular weight is 1380 g/mol. The minimum absolute atomic E-state index is 0. The maximum absolute atomic E-state index is 5.25. The van der Waals surface area contributed by atoms with Gasteiger partial charge in [-0.25, -0.2) is 19.9 Å². The van der Waals surface area contributed by atoms with Gasteiger partial charge in [0.05, 0.1) is 46.1 Å². The summed E-state index contributed by atoms with van der Waals surface area (Å²) >= 11 is 0. The first-order valence-corrected chi connectivity index (χ1v) is 34.1. The molecule has 10 heterocycles. The van der Waals surface area contributed by atoms with Gasteiger partial charge in [0.1, 0.15) is 0 Å². The zero-order valence-electron chi connectivity index (χ0n) is 55.8. The molecule has 1 radical (unpaired) electrons. The fourth-order valence-corrected chi connectivity index (χ4v) is 15.3. The summed E-state index contributed by atoms with van der Waals surface area (Å²) in [4.78, 5) is 62.6. The van der Waals surface area contributed by atoms with Gasteiger partial charge in [-0.2, -0.15) is 0 Å². The van der Waals surface area contributed by atoms with E-state index in [1.165, 1.54) is 44.5 Å². The Morgan fingerprint density at radius 2 is 0.454 bits per heavy atom. The van der Waals surface area contributed by atoms with Crippen molar-refractivity contribution in [1.82, 2.24) is 59.8 Å². The van der Waals surface area contributed by atoms with Crippen LogP contribution < -0.4 is 19.9 Å². The largest absolute Gasteiger partial charge is 0.657 e. The van der Waals surface area contributed by atoms with Gasteiger partial charge in [-0.15, -0.1) is 22.1 Å². The van der Waals surface area contributed by atoms with Gasteiger partial charge in [0.25, 0.3) is 0 Å². The van der Waals surface area contributed by atoms with Crippen molar-refractivity contribution in [1.29, 1.82) is 0 Å². The molecule has 0 aliphatic carbocycles. The number of benzene rings is 8. The third-order valence-electron chi connectivity index (χ3n) is 20.0. The van der Waals surface area contributed by atoms with Crippen molar-refractivity contribution < 1.29 is 35.6 Å². The Morgan fingerprint density at radius 3 is 0.660 bits per heavy atom. The molecule has 0 saturated carbocycles. The molecule has 8 aromatic carbocycles. The van der Waals surface area contributed by atoms with Crippen LogP contribution in [0.5, 0.6) is 0 Å². The summed E-state index contributed by atoms with van der Waals surface area (Å²) in [6.07, 6.45) is 7.60. The van der Waals surface area contributed by atoms with E-state index in [4.69, 9.17) is 59.8 Å². The van der Waals surface area contributed by atoms with E-state index >= 15 is 0 Å². The number of fused-ring (bicyclic) bond motifs is 32. The molecule has 0 unspecified atom stereocenters. The Bertz CT molecular complexity index is 5380. The van der Waals surface area contributed by atoms with E-state index in [1.807, 2.05) is 48.5 Å². The van der Waals surface area contributed by atoms with Crippen LogP contribution in [0.2, 0.25) is 0 Å². The minimum atomic E-state index is 0. The smallest absolute Gasteiger partial charge is 0.0928 e. The van der Waals surface area contributed by atoms with Gasteiger partial charge in [0.15, 0.2) is 0 Å². The van der Waals surface area contributed by atoms with Crippen molar-refractivity contribution in [3.05, 3.63) is 215 Å². The predicted octanol–water partition coefficient (Wildman–Crippen LogP) is 20.0. The number of allylic oxidation sites excluding steroid dienone is 4. The van der Waals surface area contributed by atoms with E-state index in [0.29, 0.717) is 45.9 Å². The molecule has 0 fully saturated rings. The van der Waals surface area contributed by atoms with Crippen LogP contribution in [0.3, 0.4) is 0 Å². The quantitative estimate of drug-likeness (QED) is 0.142. The SMILES string of the molecule is CCC1=C(CC)c2cc3[n-]c(cc4nc(cc5[n-]c(cc1n2)c(CC)c5CC)C(CC)=C4CC)c(CC)c3CC.[La].c1ccc2cc3c(cc2c1)-c1nc-3nc2[n-]c(nc3nc(nc4[n-]c(n1)c1cc5ccccc5cc41)-c1cc4ccccc4cc1-3)c1cc3ccccc3cc21. The second kappa shape index (κ2) is 24.9. The molecule has 16 bridgehead atoms. The fourth-order valence-electron chi connectivity index (χ4n) is 15.3. The van der Waals surface area contributed by atoms with Crippen LogP contribution in [0.15, 0.2) is 170 Å². The number of aromatic nitrogens is 12. The summed E-state index contributed by atoms with van der Waals surface area (Å²) in [7, 11) is 0. The number of rotatable bonds is 8. The molecule has 4 aliphatic heterocycles.